The first-order valence-electron chi connectivity index (χ1n) is 7.41. The minimum Gasteiger partial charge on any atom is -0.316 e. The van der Waals surface area contributed by atoms with Crippen LogP contribution in [0, 0.1) is 11.8 Å². The third kappa shape index (κ3) is 10.5. The molecule has 1 nitrogen and oxygen atoms in total. The number of rotatable bonds is 11. The summed E-state index contributed by atoms with van der Waals surface area (Å²) in [5, 5.41) is 3.52. The molecule has 1 heteroatoms. The minimum absolute atomic E-state index is 0.785. The third-order valence-corrected chi connectivity index (χ3v) is 3.31. The monoisotopic (exact) mass is 227 g/mol. The standard InChI is InChI=1S/C15H33N/c1-5-7-10-15(6-2)11-8-9-12-16-13-14(3)4/h14-16H,5-13H2,1-4H3. The zero-order valence-corrected chi connectivity index (χ0v) is 12.0. The van der Waals surface area contributed by atoms with Gasteiger partial charge in [0.05, 0.1) is 0 Å². The van der Waals surface area contributed by atoms with E-state index >= 15 is 0 Å². The van der Waals surface area contributed by atoms with E-state index in [1.165, 1.54) is 58.0 Å². The molecule has 0 aliphatic heterocycles. The summed E-state index contributed by atoms with van der Waals surface area (Å²) in [4.78, 5) is 0. The lowest BCUT2D eigenvalue weighted by atomic mass is 9.94. The van der Waals surface area contributed by atoms with Crippen molar-refractivity contribution in [1.82, 2.24) is 5.32 Å². The van der Waals surface area contributed by atoms with E-state index in [4.69, 9.17) is 0 Å². The largest absolute Gasteiger partial charge is 0.316 e. The van der Waals surface area contributed by atoms with Gasteiger partial charge in [0, 0.05) is 0 Å². The number of hydrogen-bond donors (Lipinski definition) is 1. The van der Waals surface area contributed by atoms with Crippen LogP contribution in [0.2, 0.25) is 0 Å². The molecule has 0 radical (unpaired) electrons. The number of nitrogens with one attached hydrogen (secondary N) is 1. The van der Waals surface area contributed by atoms with Crippen molar-refractivity contribution in [1.29, 1.82) is 0 Å². The summed E-state index contributed by atoms with van der Waals surface area (Å²) >= 11 is 0. The highest BCUT2D eigenvalue weighted by atomic mass is 14.8. The highest BCUT2D eigenvalue weighted by molar-refractivity contribution is 4.59. The smallest absolute Gasteiger partial charge is 0.00258 e. The van der Waals surface area contributed by atoms with Crippen LogP contribution >= 0.6 is 0 Å². The Kier molecular flexibility index (Phi) is 11.4. The van der Waals surface area contributed by atoms with Gasteiger partial charge in [0.1, 0.15) is 0 Å². The van der Waals surface area contributed by atoms with E-state index in [1.54, 1.807) is 0 Å². The van der Waals surface area contributed by atoms with Crippen LogP contribution in [-0.2, 0) is 0 Å². The molecule has 0 saturated heterocycles. The summed E-state index contributed by atoms with van der Waals surface area (Å²) in [6, 6.07) is 0. The highest BCUT2D eigenvalue weighted by Crippen LogP contribution is 2.18. The number of hydrogen-bond acceptors (Lipinski definition) is 1. The van der Waals surface area contributed by atoms with E-state index in [1.807, 2.05) is 0 Å². The van der Waals surface area contributed by atoms with Crippen LogP contribution in [0.15, 0.2) is 0 Å². The molecule has 0 aromatic rings. The van der Waals surface area contributed by atoms with Gasteiger partial charge in [-0.05, 0) is 31.3 Å². The second-order valence-corrected chi connectivity index (χ2v) is 5.51. The first kappa shape index (κ1) is 16.0. The Bertz CT molecular complexity index is 131. The zero-order chi connectivity index (χ0) is 12.2. The number of unbranched alkanes of at least 4 members (excludes halogenated alkanes) is 2. The van der Waals surface area contributed by atoms with E-state index in [0.717, 1.165) is 11.8 Å². The van der Waals surface area contributed by atoms with Gasteiger partial charge < -0.3 is 5.32 Å². The Morgan fingerprint density at radius 3 is 2.19 bits per heavy atom. The maximum absolute atomic E-state index is 3.52. The van der Waals surface area contributed by atoms with Crippen molar-refractivity contribution in [3.05, 3.63) is 0 Å². The van der Waals surface area contributed by atoms with Gasteiger partial charge in [-0.3, -0.25) is 0 Å². The molecule has 16 heavy (non-hydrogen) atoms. The van der Waals surface area contributed by atoms with Crippen molar-refractivity contribution >= 4 is 0 Å². The van der Waals surface area contributed by atoms with Crippen LogP contribution in [0.25, 0.3) is 0 Å². The summed E-state index contributed by atoms with van der Waals surface area (Å²) < 4.78 is 0. The molecule has 0 aliphatic carbocycles. The maximum Gasteiger partial charge on any atom is -0.00258 e. The average molecular weight is 227 g/mol. The van der Waals surface area contributed by atoms with Crippen LogP contribution in [0.3, 0.4) is 0 Å². The van der Waals surface area contributed by atoms with E-state index < -0.39 is 0 Å². The third-order valence-electron chi connectivity index (χ3n) is 3.31. The molecule has 0 aromatic carbocycles. The Morgan fingerprint density at radius 2 is 1.62 bits per heavy atom. The van der Waals surface area contributed by atoms with Gasteiger partial charge >= 0.3 is 0 Å². The molecule has 0 rings (SSSR count). The summed E-state index contributed by atoms with van der Waals surface area (Å²) in [5.74, 6) is 1.78. The molecule has 1 atom stereocenters. The van der Waals surface area contributed by atoms with Crippen LogP contribution in [-0.4, -0.2) is 13.1 Å². The molecule has 0 saturated carbocycles. The van der Waals surface area contributed by atoms with Crippen LogP contribution in [0.1, 0.15) is 72.6 Å². The highest BCUT2D eigenvalue weighted by Gasteiger charge is 2.04. The van der Waals surface area contributed by atoms with Crippen molar-refractivity contribution in [2.75, 3.05) is 13.1 Å². The van der Waals surface area contributed by atoms with Crippen molar-refractivity contribution in [2.24, 2.45) is 11.8 Å². The van der Waals surface area contributed by atoms with Crippen LogP contribution < -0.4 is 5.32 Å². The first-order valence-corrected chi connectivity index (χ1v) is 7.41. The predicted octanol–water partition coefficient (Wildman–Crippen LogP) is 4.62. The van der Waals surface area contributed by atoms with Crippen LogP contribution in [0.4, 0.5) is 0 Å². The second kappa shape index (κ2) is 11.4. The molecule has 98 valence electrons. The Labute approximate surface area is 103 Å². The van der Waals surface area contributed by atoms with E-state index in [0.29, 0.717) is 0 Å². The molecule has 0 aromatic heterocycles. The fraction of sp³-hybridized carbons (Fsp3) is 1.00. The van der Waals surface area contributed by atoms with Gasteiger partial charge in [-0.15, -0.1) is 0 Å². The van der Waals surface area contributed by atoms with Gasteiger partial charge in [0.2, 0.25) is 0 Å². The molecular formula is C15H33N. The van der Waals surface area contributed by atoms with E-state index in [9.17, 15) is 0 Å². The fourth-order valence-corrected chi connectivity index (χ4v) is 2.12. The molecule has 0 fully saturated rings. The molecule has 1 N–H and O–H groups in total. The maximum atomic E-state index is 3.52. The molecule has 0 spiro atoms. The van der Waals surface area contributed by atoms with Crippen molar-refractivity contribution in [3.8, 4) is 0 Å². The Balaban J connectivity index is 3.27. The molecular weight excluding hydrogens is 194 g/mol. The van der Waals surface area contributed by atoms with E-state index in [2.05, 4.69) is 33.0 Å². The van der Waals surface area contributed by atoms with Crippen molar-refractivity contribution in [2.45, 2.75) is 72.6 Å². The molecule has 0 heterocycles. The molecule has 0 aliphatic rings. The van der Waals surface area contributed by atoms with Crippen molar-refractivity contribution in [3.63, 3.8) is 0 Å². The topological polar surface area (TPSA) is 12.0 Å². The summed E-state index contributed by atoms with van der Waals surface area (Å²) in [6.07, 6.45) is 9.81. The lowest BCUT2D eigenvalue weighted by Crippen LogP contribution is -2.20. The summed E-state index contributed by atoms with van der Waals surface area (Å²) in [7, 11) is 0. The fourth-order valence-electron chi connectivity index (χ4n) is 2.12. The summed E-state index contributed by atoms with van der Waals surface area (Å²) in [5.41, 5.74) is 0. The minimum atomic E-state index is 0.785. The van der Waals surface area contributed by atoms with Gasteiger partial charge in [-0.2, -0.15) is 0 Å². The van der Waals surface area contributed by atoms with Gasteiger partial charge in [0.15, 0.2) is 0 Å². The van der Waals surface area contributed by atoms with Gasteiger partial charge in [0.25, 0.3) is 0 Å². The SMILES string of the molecule is CCCCC(CC)CCCCNCC(C)C. The first-order chi connectivity index (χ1) is 7.70. The summed E-state index contributed by atoms with van der Waals surface area (Å²) in [6.45, 7) is 11.6. The normalized spacial score (nSPS) is 13.3. The van der Waals surface area contributed by atoms with E-state index in [-0.39, 0.29) is 0 Å². The quantitative estimate of drug-likeness (QED) is 0.508. The van der Waals surface area contributed by atoms with Crippen LogP contribution in [0.5, 0.6) is 0 Å². The van der Waals surface area contributed by atoms with Crippen molar-refractivity contribution < 1.29 is 0 Å². The van der Waals surface area contributed by atoms with Gasteiger partial charge in [-0.1, -0.05) is 66.2 Å². The molecule has 1 unspecified atom stereocenters. The average Bonchev–Trinajstić information content (AvgIpc) is 2.26. The lowest BCUT2D eigenvalue weighted by molar-refractivity contribution is 0.400. The molecule has 0 amide bonds. The zero-order valence-electron chi connectivity index (χ0n) is 12.0. The molecule has 0 bridgehead atoms. The van der Waals surface area contributed by atoms with Gasteiger partial charge in [-0.25, -0.2) is 0 Å². The lowest BCUT2D eigenvalue weighted by Gasteiger charge is -2.14. The Hall–Kier alpha value is -0.0400. The second-order valence-electron chi connectivity index (χ2n) is 5.51. The Morgan fingerprint density at radius 1 is 0.938 bits per heavy atom. The predicted molar refractivity (Wildman–Crippen MR) is 74.9 cm³/mol.